The van der Waals surface area contributed by atoms with Crippen LogP contribution in [0.25, 0.3) is 0 Å². The van der Waals surface area contributed by atoms with Gasteiger partial charge in [0.2, 0.25) is 10.0 Å². The maximum Gasteiger partial charge on any atom is 0.243 e. The van der Waals surface area contributed by atoms with Gasteiger partial charge in [0.1, 0.15) is 0 Å². The molecule has 0 spiro atoms. The molecule has 0 unspecified atom stereocenters. The number of rotatable bonds is 4. The monoisotopic (exact) mass is 274 g/mol. The Hall–Kier alpha value is -0.620. The van der Waals surface area contributed by atoms with Crippen molar-refractivity contribution in [2.75, 3.05) is 19.6 Å². The predicted octanol–water partition coefficient (Wildman–Crippen LogP) is 1.32. The summed E-state index contributed by atoms with van der Waals surface area (Å²) in [6.45, 7) is 3.75. The number of hydrogen-bond donors (Lipinski definition) is 1. The van der Waals surface area contributed by atoms with Gasteiger partial charge < -0.3 is 5.32 Å². The van der Waals surface area contributed by atoms with Crippen LogP contribution in [-0.4, -0.2) is 38.4 Å². The highest BCUT2D eigenvalue weighted by atomic mass is 35.5. The first-order chi connectivity index (χ1) is 8.05. The van der Waals surface area contributed by atoms with Gasteiger partial charge in [0, 0.05) is 30.7 Å². The fourth-order valence-electron chi connectivity index (χ4n) is 1.86. The van der Waals surface area contributed by atoms with E-state index in [9.17, 15) is 8.42 Å². The average Bonchev–Trinajstić information content (AvgIpc) is 2.22. The molecule has 2 rings (SSSR count). The summed E-state index contributed by atoms with van der Waals surface area (Å²) in [6.07, 6.45) is 0. The van der Waals surface area contributed by atoms with E-state index in [0.29, 0.717) is 24.7 Å². The molecule has 6 heteroatoms. The van der Waals surface area contributed by atoms with Crippen LogP contribution in [0.2, 0.25) is 5.02 Å². The van der Waals surface area contributed by atoms with Crippen molar-refractivity contribution in [3.8, 4) is 0 Å². The number of hydrogen-bond acceptors (Lipinski definition) is 3. The number of nitrogens with zero attached hydrogens (tertiary/aromatic N) is 1. The fourth-order valence-corrected chi connectivity index (χ4v) is 3.80. The Labute approximate surface area is 107 Å². The standard InChI is InChI=1S/C11H15ClN2O2S/c1-2-14(10-7-13-8-10)17(15,16)11-5-3-4-9(12)6-11/h3-6,10,13H,2,7-8H2,1H3. The molecular weight excluding hydrogens is 260 g/mol. The molecule has 0 radical (unpaired) electrons. The van der Waals surface area contributed by atoms with Crippen molar-refractivity contribution in [3.63, 3.8) is 0 Å². The first-order valence-electron chi connectivity index (χ1n) is 5.54. The summed E-state index contributed by atoms with van der Waals surface area (Å²) in [5.41, 5.74) is 0. The van der Waals surface area contributed by atoms with Crippen molar-refractivity contribution in [1.29, 1.82) is 0 Å². The van der Waals surface area contributed by atoms with Gasteiger partial charge in [0.05, 0.1) is 4.90 Å². The Morgan fingerprint density at radius 2 is 2.18 bits per heavy atom. The highest BCUT2D eigenvalue weighted by molar-refractivity contribution is 7.89. The molecule has 1 saturated heterocycles. The SMILES string of the molecule is CCN(C1CNC1)S(=O)(=O)c1cccc(Cl)c1. The molecule has 1 aliphatic rings. The van der Waals surface area contributed by atoms with Crippen molar-refractivity contribution < 1.29 is 8.42 Å². The Morgan fingerprint density at radius 1 is 1.47 bits per heavy atom. The van der Waals surface area contributed by atoms with Crippen molar-refractivity contribution in [1.82, 2.24) is 9.62 Å². The zero-order chi connectivity index (χ0) is 12.5. The van der Waals surface area contributed by atoms with Crippen molar-refractivity contribution in [3.05, 3.63) is 29.3 Å². The third-order valence-electron chi connectivity index (χ3n) is 2.88. The summed E-state index contributed by atoms with van der Waals surface area (Å²) in [5, 5.41) is 3.52. The van der Waals surface area contributed by atoms with Crippen LogP contribution in [0.3, 0.4) is 0 Å². The summed E-state index contributed by atoms with van der Waals surface area (Å²) in [7, 11) is -3.42. The average molecular weight is 275 g/mol. The molecule has 94 valence electrons. The molecule has 0 bridgehead atoms. The van der Waals surface area contributed by atoms with Crippen LogP contribution in [0.15, 0.2) is 29.2 Å². The Bertz CT molecular complexity index is 500. The minimum Gasteiger partial charge on any atom is -0.313 e. The minimum atomic E-state index is -3.42. The van der Waals surface area contributed by atoms with Crippen LogP contribution in [0, 0.1) is 0 Å². The molecule has 1 aliphatic heterocycles. The zero-order valence-corrected chi connectivity index (χ0v) is 11.1. The zero-order valence-electron chi connectivity index (χ0n) is 9.56. The second-order valence-corrected chi connectivity index (χ2v) is 6.30. The second kappa shape index (κ2) is 4.94. The summed E-state index contributed by atoms with van der Waals surface area (Å²) < 4.78 is 26.3. The summed E-state index contributed by atoms with van der Waals surface area (Å²) >= 11 is 5.83. The molecule has 1 fully saturated rings. The highest BCUT2D eigenvalue weighted by Gasteiger charge is 2.33. The van der Waals surface area contributed by atoms with Crippen LogP contribution in [0.1, 0.15) is 6.92 Å². The Balaban J connectivity index is 2.34. The quantitative estimate of drug-likeness (QED) is 0.901. The Kier molecular flexibility index (Phi) is 3.73. The maximum absolute atomic E-state index is 12.4. The predicted molar refractivity (Wildman–Crippen MR) is 67.7 cm³/mol. The van der Waals surface area contributed by atoms with Gasteiger partial charge in [0.25, 0.3) is 0 Å². The molecule has 0 atom stereocenters. The van der Waals surface area contributed by atoms with Crippen molar-refractivity contribution in [2.45, 2.75) is 17.9 Å². The topological polar surface area (TPSA) is 49.4 Å². The number of sulfonamides is 1. The molecule has 1 aromatic rings. The lowest BCUT2D eigenvalue weighted by atomic mass is 10.2. The number of likely N-dealkylation sites (N-methyl/N-ethyl adjacent to an activating group) is 1. The molecule has 0 saturated carbocycles. The van der Waals surface area contributed by atoms with E-state index in [1.807, 2.05) is 6.92 Å². The summed E-state index contributed by atoms with van der Waals surface area (Å²) in [5.74, 6) is 0. The molecule has 0 amide bonds. The van der Waals surface area contributed by atoms with Crippen LogP contribution >= 0.6 is 11.6 Å². The lowest BCUT2D eigenvalue weighted by Gasteiger charge is -2.36. The highest BCUT2D eigenvalue weighted by Crippen LogP contribution is 2.22. The van der Waals surface area contributed by atoms with Gasteiger partial charge in [0.15, 0.2) is 0 Å². The van der Waals surface area contributed by atoms with Gasteiger partial charge in [-0.3, -0.25) is 0 Å². The van der Waals surface area contributed by atoms with Gasteiger partial charge >= 0.3 is 0 Å². The van der Waals surface area contributed by atoms with E-state index < -0.39 is 10.0 Å². The maximum atomic E-state index is 12.4. The lowest BCUT2D eigenvalue weighted by Crippen LogP contribution is -2.58. The van der Waals surface area contributed by atoms with E-state index in [4.69, 9.17) is 11.6 Å². The smallest absolute Gasteiger partial charge is 0.243 e. The molecule has 1 N–H and O–H groups in total. The van der Waals surface area contributed by atoms with Crippen LogP contribution < -0.4 is 5.32 Å². The minimum absolute atomic E-state index is 0.0592. The first-order valence-corrected chi connectivity index (χ1v) is 7.35. The number of halogens is 1. The van der Waals surface area contributed by atoms with E-state index in [-0.39, 0.29) is 10.9 Å². The molecule has 4 nitrogen and oxygen atoms in total. The molecule has 17 heavy (non-hydrogen) atoms. The van der Waals surface area contributed by atoms with Crippen molar-refractivity contribution in [2.24, 2.45) is 0 Å². The third kappa shape index (κ3) is 2.47. The van der Waals surface area contributed by atoms with E-state index >= 15 is 0 Å². The largest absolute Gasteiger partial charge is 0.313 e. The summed E-state index contributed by atoms with van der Waals surface area (Å²) in [6, 6.07) is 6.45. The summed E-state index contributed by atoms with van der Waals surface area (Å²) in [4.78, 5) is 0.263. The van der Waals surface area contributed by atoms with E-state index in [2.05, 4.69) is 5.32 Å². The van der Waals surface area contributed by atoms with Crippen molar-refractivity contribution >= 4 is 21.6 Å². The van der Waals surface area contributed by atoms with Crippen LogP contribution in [0.4, 0.5) is 0 Å². The molecule has 0 aromatic heterocycles. The number of nitrogens with one attached hydrogen (secondary N) is 1. The van der Waals surface area contributed by atoms with Crippen LogP contribution in [-0.2, 0) is 10.0 Å². The third-order valence-corrected chi connectivity index (χ3v) is 5.14. The molecule has 0 aliphatic carbocycles. The van der Waals surface area contributed by atoms with Gasteiger partial charge in [-0.1, -0.05) is 24.6 Å². The lowest BCUT2D eigenvalue weighted by molar-refractivity contribution is 0.249. The second-order valence-electron chi connectivity index (χ2n) is 3.98. The normalized spacial score (nSPS) is 17.1. The molecular formula is C11H15ClN2O2S. The van der Waals surface area contributed by atoms with Gasteiger partial charge in [-0.25, -0.2) is 8.42 Å². The van der Waals surface area contributed by atoms with Gasteiger partial charge in [-0.05, 0) is 18.2 Å². The molecule has 1 heterocycles. The van der Waals surface area contributed by atoms with Gasteiger partial charge in [-0.2, -0.15) is 4.31 Å². The first kappa shape index (κ1) is 12.8. The van der Waals surface area contributed by atoms with E-state index in [0.717, 1.165) is 0 Å². The van der Waals surface area contributed by atoms with Crippen LogP contribution in [0.5, 0.6) is 0 Å². The Morgan fingerprint density at radius 3 is 2.65 bits per heavy atom. The number of benzene rings is 1. The van der Waals surface area contributed by atoms with Gasteiger partial charge in [-0.15, -0.1) is 0 Å². The fraction of sp³-hybridized carbons (Fsp3) is 0.455. The van der Waals surface area contributed by atoms with E-state index in [1.165, 1.54) is 10.4 Å². The molecule has 1 aromatic carbocycles. The van der Waals surface area contributed by atoms with E-state index in [1.54, 1.807) is 18.2 Å².